The fourth-order valence-electron chi connectivity index (χ4n) is 11.0. The molecular formula is C27H45NO. The zero-order chi connectivity index (χ0) is 20.1. The summed E-state index contributed by atoms with van der Waals surface area (Å²) in [6.07, 6.45) is 13.7. The Labute approximate surface area is 179 Å². The average molecular weight is 400 g/mol. The van der Waals surface area contributed by atoms with E-state index in [0.29, 0.717) is 10.8 Å². The summed E-state index contributed by atoms with van der Waals surface area (Å²) in [7, 11) is 0. The molecule has 2 aliphatic heterocycles. The minimum absolute atomic E-state index is 0.0109. The first-order chi connectivity index (χ1) is 13.8. The summed E-state index contributed by atoms with van der Waals surface area (Å²) in [5, 5.41) is 10.3. The van der Waals surface area contributed by atoms with E-state index in [1.165, 1.54) is 57.9 Å². The largest absolute Gasteiger partial charge is 0.393 e. The molecule has 2 heteroatoms. The molecule has 6 fully saturated rings. The van der Waals surface area contributed by atoms with E-state index in [9.17, 15) is 5.11 Å². The minimum atomic E-state index is -0.0109. The monoisotopic (exact) mass is 399 g/mol. The molecule has 29 heavy (non-hydrogen) atoms. The van der Waals surface area contributed by atoms with Crippen LogP contribution < -0.4 is 0 Å². The van der Waals surface area contributed by atoms with Crippen LogP contribution >= 0.6 is 0 Å². The second-order valence-corrected chi connectivity index (χ2v) is 13.3. The standard InChI is InChI=1S/C27H45NO/c1-16-5-8-23-17(2)25-24(28(23)15-16)14-22-20-7-6-18-13-19(29)9-11-26(18,3)21(20)10-12-27(22,25)4/h16-25,29H,5-15H2,1-4H3/t16-,17+,18+,19-,20+,21+,22-,23+,24-,25-,26-,27-/m0/s1. The summed E-state index contributed by atoms with van der Waals surface area (Å²) in [6.45, 7) is 11.9. The Balaban J connectivity index is 1.30. The summed E-state index contributed by atoms with van der Waals surface area (Å²) in [4.78, 5) is 3.03. The van der Waals surface area contributed by atoms with Crippen molar-refractivity contribution < 1.29 is 5.11 Å². The molecule has 0 aromatic carbocycles. The minimum Gasteiger partial charge on any atom is -0.393 e. The molecule has 4 aliphatic carbocycles. The molecule has 2 heterocycles. The van der Waals surface area contributed by atoms with Crippen molar-refractivity contribution >= 4 is 0 Å². The third-order valence-corrected chi connectivity index (χ3v) is 12.3. The van der Waals surface area contributed by atoms with Gasteiger partial charge in [-0.05, 0) is 116 Å². The zero-order valence-electron chi connectivity index (χ0n) is 19.4. The zero-order valence-corrected chi connectivity index (χ0v) is 19.4. The van der Waals surface area contributed by atoms with Gasteiger partial charge in [0.2, 0.25) is 0 Å². The van der Waals surface area contributed by atoms with E-state index >= 15 is 0 Å². The SMILES string of the molecule is C[C@H]1CC[C@@H]2[C@@H](C)[C@H]3[C@H](C[C@H]4[C@@H]5CC[C@@H]6C[C@@H](O)CC[C@]6(C)[C@@H]5CC[C@]34C)N2C1. The Bertz CT molecular complexity index is 663. The van der Waals surface area contributed by atoms with Gasteiger partial charge in [-0.3, -0.25) is 4.90 Å². The quantitative estimate of drug-likeness (QED) is 0.562. The van der Waals surface area contributed by atoms with Crippen molar-refractivity contribution in [2.45, 2.75) is 110 Å². The van der Waals surface area contributed by atoms with E-state index in [0.717, 1.165) is 66.4 Å². The lowest BCUT2D eigenvalue weighted by Gasteiger charge is -2.61. The van der Waals surface area contributed by atoms with E-state index in [2.05, 4.69) is 32.6 Å². The first-order valence-corrected chi connectivity index (χ1v) is 13.3. The van der Waals surface area contributed by atoms with Crippen molar-refractivity contribution in [3.8, 4) is 0 Å². The van der Waals surface area contributed by atoms with Crippen LogP contribution in [-0.4, -0.2) is 34.7 Å². The van der Waals surface area contributed by atoms with Crippen LogP contribution in [0.1, 0.15) is 91.9 Å². The van der Waals surface area contributed by atoms with Gasteiger partial charge in [-0.1, -0.05) is 27.7 Å². The molecule has 12 atom stereocenters. The van der Waals surface area contributed by atoms with Crippen LogP contribution in [0.5, 0.6) is 0 Å². The van der Waals surface area contributed by atoms with Gasteiger partial charge in [0, 0.05) is 18.6 Å². The molecule has 0 unspecified atom stereocenters. The Hall–Kier alpha value is -0.0800. The van der Waals surface area contributed by atoms with Crippen LogP contribution in [0.3, 0.4) is 0 Å². The van der Waals surface area contributed by atoms with Gasteiger partial charge in [0.05, 0.1) is 6.10 Å². The average Bonchev–Trinajstić information content (AvgIpc) is 3.15. The molecule has 2 saturated heterocycles. The maximum absolute atomic E-state index is 10.3. The molecule has 0 aromatic rings. The summed E-state index contributed by atoms with van der Waals surface area (Å²) in [5.41, 5.74) is 1.12. The number of fused-ring (bicyclic) bond motifs is 9. The highest BCUT2D eigenvalue weighted by Crippen LogP contribution is 2.70. The topological polar surface area (TPSA) is 23.5 Å². The molecule has 164 valence electrons. The normalized spacial score (nSPS) is 62.0. The molecule has 6 rings (SSSR count). The summed E-state index contributed by atoms with van der Waals surface area (Å²) >= 11 is 0. The maximum atomic E-state index is 10.3. The number of aliphatic hydroxyl groups is 1. The Morgan fingerprint density at radius 1 is 0.793 bits per heavy atom. The summed E-state index contributed by atoms with van der Waals surface area (Å²) in [6, 6.07) is 1.79. The number of hydrogen-bond donors (Lipinski definition) is 1. The molecule has 0 spiro atoms. The van der Waals surface area contributed by atoms with E-state index in [4.69, 9.17) is 0 Å². The lowest BCUT2D eigenvalue weighted by Crippen LogP contribution is -2.54. The van der Waals surface area contributed by atoms with Gasteiger partial charge >= 0.3 is 0 Å². The highest BCUT2D eigenvalue weighted by atomic mass is 16.3. The molecule has 0 amide bonds. The summed E-state index contributed by atoms with van der Waals surface area (Å²) in [5.74, 6) is 6.47. The second-order valence-electron chi connectivity index (χ2n) is 13.3. The molecule has 2 nitrogen and oxygen atoms in total. The van der Waals surface area contributed by atoms with Gasteiger partial charge in [-0.15, -0.1) is 0 Å². The van der Waals surface area contributed by atoms with E-state index in [1.54, 1.807) is 0 Å². The van der Waals surface area contributed by atoms with Crippen LogP contribution in [0, 0.1) is 52.3 Å². The van der Waals surface area contributed by atoms with E-state index < -0.39 is 0 Å². The third-order valence-electron chi connectivity index (χ3n) is 12.3. The van der Waals surface area contributed by atoms with Crippen LogP contribution in [0.4, 0.5) is 0 Å². The van der Waals surface area contributed by atoms with Crippen molar-refractivity contribution in [1.29, 1.82) is 0 Å². The number of rotatable bonds is 0. The van der Waals surface area contributed by atoms with Crippen LogP contribution in [0.25, 0.3) is 0 Å². The van der Waals surface area contributed by atoms with Crippen LogP contribution in [-0.2, 0) is 0 Å². The van der Waals surface area contributed by atoms with Crippen molar-refractivity contribution in [3.63, 3.8) is 0 Å². The number of nitrogens with zero attached hydrogens (tertiary/aromatic N) is 1. The van der Waals surface area contributed by atoms with Crippen molar-refractivity contribution in [2.75, 3.05) is 6.54 Å². The van der Waals surface area contributed by atoms with Crippen LogP contribution in [0.2, 0.25) is 0 Å². The lowest BCUT2D eigenvalue weighted by atomic mass is 9.44. The Morgan fingerprint density at radius 3 is 2.41 bits per heavy atom. The fourth-order valence-corrected chi connectivity index (χ4v) is 11.0. The molecule has 0 radical (unpaired) electrons. The van der Waals surface area contributed by atoms with E-state index in [-0.39, 0.29) is 6.10 Å². The van der Waals surface area contributed by atoms with Crippen molar-refractivity contribution in [3.05, 3.63) is 0 Å². The predicted octanol–water partition coefficient (Wildman–Crippen LogP) is 5.73. The first kappa shape index (κ1) is 19.6. The number of hydrogen-bond acceptors (Lipinski definition) is 2. The fraction of sp³-hybridized carbons (Fsp3) is 1.00. The molecular weight excluding hydrogens is 354 g/mol. The highest BCUT2D eigenvalue weighted by molar-refractivity contribution is 5.17. The lowest BCUT2D eigenvalue weighted by molar-refractivity contribution is -0.129. The molecule has 0 aromatic heterocycles. The second kappa shape index (κ2) is 6.47. The predicted molar refractivity (Wildman–Crippen MR) is 118 cm³/mol. The molecule has 0 bridgehead atoms. The Morgan fingerprint density at radius 2 is 1.59 bits per heavy atom. The van der Waals surface area contributed by atoms with Crippen LogP contribution in [0.15, 0.2) is 0 Å². The molecule has 1 N–H and O–H groups in total. The smallest absolute Gasteiger partial charge is 0.0543 e. The Kier molecular flexibility index (Phi) is 4.37. The maximum Gasteiger partial charge on any atom is 0.0543 e. The van der Waals surface area contributed by atoms with Crippen molar-refractivity contribution in [1.82, 2.24) is 4.90 Å². The van der Waals surface area contributed by atoms with Gasteiger partial charge in [0.25, 0.3) is 0 Å². The van der Waals surface area contributed by atoms with Gasteiger partial charge in [0.1, 0.15) is 0 Å². The molecule has 6 aliphatic rings. The van der Waals surface area contributed by atoms with E-state index in [1.807, 2.05) is 0 Å². The van der Waals surface area contributed by atoms with Crippen molar-refractivity contribution in [2.24, 2.45) is 52.3 Å². The van der Waals surface area contributed by atoms with Gasteiger partial charge in [0.15, 0.2) is 0 Å². The van der Waals surface area contributed by atoms with Gasteiger partial charge in [-0.25, -0.2) is 0 Å². The number of aliphatic hydroxyl groups excluding tert-OH is 1. The summed E-state index contributed by atoms with van der Waals surface area (Å²) < 4.78 is 0. The van der Waals surface area contributed by atoms with Gasteiger partial charge in [-0.2, -0.15) is 0 Å². The first-order valence-electron chi connectivity index (χ1n) is 13.3. The highest BCUT2D eigenvalue weighted by Gasteiger charge is 2.66. The van der Waals surface area contributed by atoms with Gasteiger partial charge < -0.3 is 5.11 Å². The third kappa shape index (κ3) is 2.54. The molecule has 4 saturated carbocycles. The number of piperidine rings is 1.